The predicted octanol–water partition coefficient (Wildman–Crippen LogP) is 3.46. The fourth-order valence-electron chi connectivity index (χ4n) is 3.46. The normalized spacial score (nSPS) is 22.5. The molecule has 0 aliphatic carbocycles. The van der Waals surface area contributed by atoms with Crippen molar-refractivity contribution in [3.63, 3.8) is 0 Å². The fourth-order valence-corrected chi connectivity index (χ4v) is 3.46. The zero-order valence-corrected chi connectivity index (χ0v) is 12.9. The molecule has 2 rings (SSSR count). The number of hydrogen-bond donors (Lipinski definition) is 1. The largest absolute Gasteiger partial charge is 0.366 e. The highest BCUT2D eigenvalue weighted by molar-refractivity contribution is 5.56. The molecule has 1 aliphatic heterocycles. The first-order chi connectivity index (χ1) is 9.11. The maximum Gasteiger partial charge on any atom is 0.0403 e. The van der Waals surface area contributed by atoms with E-state index in [1.165, 1.54) is 30.6 Å². The van der Waals surface area contributed by atoms with E-state index in [9.17, 15) is 0 Å². The lowest BCUT2D eigenvalue weighted by Gasteiger charge is -2.50. The first-order valence-electron chi connectivity index (χ1n) is 7.61. The van der Waals surface area contributed by atoms with Crippen molar-refractivity contribution in [1.29, 1.82) is 0 Å². The highest BCUT2D eigenvalue weighted by Gasteiger charge is 2.38. The van der Waals surface area contributed by atoms with Gasteiger partial charge < -0.3 is 10.2 Å². The third-order valence-electron chi connectivity index (χ3n) is 4.74. The van der Waals surface area contributed by atoms with Gasteiger partial charge in [0.1, 0.15) is 0 Å². The van der Waals surface area contributed by atoms with E-state index >= 15 is 0 Å². The van der Waals surface area contributed by atoms with Gasteiger partial charge in [-0.1, -0.05) is 25.1 Å². The van der Waals surface area contributed by atoms with Crippen molar-refractivity contribution in [2.75, 3.05) is 25.0 Å². The molecule has 0 radical (unpaired) electrons. The molecule has 2 heteroatoms. The highest BCUT2D eigenvalue weighted by Crippen LogP contribution is 2.38. The van der Waals surface area contributed by atoms with Gasteiger partial charge in [-0.05, 0) is 64.3 Å². The van der Waals surface area contributed by atoms with E-state index in [1.807, 2.05) is 0 Å². The van der Waals surface area contributed by atoms with E-state index in [4.69, 9.17) is 0 Å². The van der Waals surface area contributed by atoms with Crippen molar-refractivity contribution in [2.24, 2.45) is 5.92 Å². The molecule has 1 fully saturated rings. The van der Waals surface area contributed by atoms with Crippen LogP contribution in [0.1, 0.15) is 39.2 Å². The molecule has 1 saturated heterocycles. The molecular weight excluding hydrogens is 232 g/mol. The van der Waals surface area contributed by atoms with E-state index in [-0.39, 0.29) is 5.54 Å². The molecule has 1 aliphatic rings. The molecule has 0 aromatic heterocycles. The Morgan fingerprint density at radius 2 is 2.05 bits per heavy atom. The molecule has 1 N–H and O–H groups in total. The second-order valence-corrected chi connectivity index (χ2v) is 6.18. The Balaban J connectivity index is 2.32. The highest BCUT2D eigenvalue weighted by atomic mass is 15.2. The summed E-state index contributed by atoms with van der Waals surface area (Å²) in [5.41, 5.74) is 3.14. The summed E-state index contributed by atoms with van der Waals surface area (Å²) < 4.78 is 0. The Morgan fingerprint density at radius 3 is 2.74 bits per heavy atom. The van der Waals surface area contributed by atoms with E-state index in [1.54, 1.807) is 0 Å². The van der Waals surface area contributed by atoms with Gasteiger partial charge in [-0.15, -0.1) is 0 Å². The molecule has 2 nitrogen and oxygen atoms in total. The average Bonchev–Trinajstić information content (AvgIpc) is 2.41. The van der Waals surface area contributed by atoms with Crippen molar-refractivity contribution < 1.29 is 0 Å². The maximum absolute atomic E-state index is 3.37. The number of hydrogen-bond acceptors (Lipinski definition) is 2. The smallest absolute Gasteiger partial charge is 0.0403 e. The number of para-hydroxylation sites is 1. The zero-order chi connectivity index (χ0) is 13.9. The summed E-state index contributed by atoms with van der Waals surface area (Å²) in [6.07, 6.45) is 3.74. The summed E-state index contributed by atoms with van der Waals surface area (Å²) in [4.78, 5) is 2.64. The van der Waals surface area contributed by atoms with Crippen LogP contribution >= 0.6 is 0 Å². The Labute approximate surface area is 118 Å². The Bertz CT molecular complexity index is 409. The van der Waals surface area contributed by atoms with Gasteiger partial charge in [-0.2, -0.15) is 0 Å². The average molecular weight is 260 g/mol. The molecule has 1 atom stereocenters. The second-order valence-electron chi connectivity index (χ2n) is 6.18. The van der Waals surface area contributed by atoms with Gasteiger partial charge in [-0.3, -0.25) is 0 Å². The first kappa shape index (κ1) is 14.4. The van der Waals surface area contributed by atoms with E-state index in [0.29, 0.717) is 0 Å². The maximum atomic E-state index is 3.37. The SMILES string of the molecule is CCc1ccccc1N1CCCC(CNC)C1(C)C. The molecule has 0 spiro atoms. The topological polar surface area (TPSA) is 15.3 Å². The minimum Gasteiger partial charge on any atom is -0.366 e. The van der Waals surface area contributed by atoms with Crippen LogP contribution in [0, 0.1) is 5.92 Å². The molecule has 19 heavy (non-hydrogen) atoms. The van der Waals surface area contributed by atoms with Crippen molar-refractivity contribution in [1.82, 2.24) is 5.32 Å². The molecule has 0 saturated carbocycles. The summed E-state index contributed by atoms with van der Waals surface area (Å²) in [5.74, 6) is 0.719. The van der Waals surface area contributed by atoms with Crippen molar-refractivity contribution in [3.8, 4) is 0 Å². The number of piperidine rings is 1. The first-order valence-corrected chi connectivity index (χ1v) is 7.61. The molecule has 106 valence electrons. The van der Waals surface area contributed by atoms with Crippen molar-refractivity contribution in [2.45, 2.75) is 45.6 Å². The zero-order valence-electron chi connectivity index (χ0n) is 12.9. The number of anilines is 1. The monoisotopic (exact) mass is 260 g/mol. The van der Waals surface area contributed by atoms with Crippen LogP contribution in [0.5, 0.6) is 0 Å². The van der Waals surface area contributed by atoms with Crippen LogP contribution in [0.3, 0.4) is 0 Å². The van der Waals surface area contributed by atoms with Crippen LogP contribution in [-0.4, -0.2) is 25.7 Å². The van der Waals surface area contributed by atoms with Gasteiger partial charge in [0.2, 0.25) is 0 Å². The third-order valence-corrected chi connectivity index (χ3v) is 4.74. The Hall–Kier alpha value is -1.02. The lowest BCUT2D eigenvalue weighted by Crippen LogP contribution is -2.56. The lowest BCUT2D eigenvalue weighted by atomic mass is 9.78. The standard InChI is InChI=1S/C17H28N2/c1-5-14-9-6-7-11-16(14)19-12-8-10-15(13-18-4)17(19,2)3/h6-7,9,11,15,18H,5,8,10,12-13H2,1-4H3. The summed E-state index contributed by atoms with van der Waals surface area (Å²) in [6, 6.07) is 8.89. The van der Waals surface area contributed by atoms with Gasteiger partial charge in [0.05, 0.1) is 0 Å². The van der Waals surface area contributed by atoms with Gasteiger partial charge in [0.15, 0.2) is 0 Å². The predicted molar refractivity (Wildman–Crippen MR) is 83.9 cm³/mol. The lowest BCUT2D eigenvalue weighted by molar-refractivity contribution is 0.234. The molecule has 1 heterocycles. The van der Waals surface area contributed by atoms with E-state index in [2.05, 4.69) is 62.3 Å². The molecule has 1 aromatic carbocycles. The number of aryl methyl sites for hydroxylation is 1. The molecule has 0 amide bonds. The minimum absolute atomic E-state index is 0.229. The number of nitrogens with zero attached hydrogens (tertiary/aromatic N) is 1. The molecule has 1 unspecified atom stereocenters. The molecular formula is C17H28N2. The third kappa shape index (κ3) is 2.79. The van der Waals surface area contributed by atoms with Crippen LogP contribution in [-0.2, 0) is 6.42 Å². The van der Waals surface area contributed by atoms with E-state index < -0.39 is 0 Å². The van der Waals surface area contributed by atoms with Gasteiger partial charge in [0.25, 0.3) is 0 Å². The number of benzene rings is 1. The van der Waals surface area contributed by atoms with Gasteiger partial charge >= 0.3 is 0 Å². The Kier molecular flexibility index (Phi) is 4.51. The van der Waals surface area contributed by atoms with Crippen molar-refractivity contribution >= 4 is 5.69 Å². The van der Waals surface area contributed by atoms with Crippen LogP contribution in [0.15, 0.2) is 24.3 Å². The Morgan fingerprint density at radius 1 is 1.32 bits per heavy atom. The quantitative estimate of drug-likeness (QED) is 0.892. The van der Waals surface area contributed by atoms with Gasteiger partial charge in [0, 0.05) is 17.8 Å². The summed E-state index contributed by atoms with van der Waals surface area (Å²) in [7, 11) is 2.06. The van der Waals surface area contributed by atoms with Crippen LogP contribution in [0.4, 0.5) is 5.69 Å². The molecule has 0 bridgehead atoms. The van der Waals surface area contributed by atoms with Gasteiger partial charge in [-0.25, -0.2) is 0 Å². The minimum atomic E-state index is 0.229. The number of rotatable bonds is 4. The van der Waals surface area contributed by atoms with Crippen LogP contribution in [0.2, 0.25) is 0 Å². The summed E-state index contributed by atoms with van der Waals surface area (Å²) in [6.45, 7) is 9.35. The fraction of sp³-hybridized carbons (Fsp3) is 0.647. The van der Waals surface area contributed by atoms with Crippen molar-refractivity contribution in [3.05, 3.63) is 29.8 Å². The van der Waals surface area contributed by atoms with E-state index in [0.717, 1.165) is 18.9 Å². The number of nitrogens with one attached hydrogen (secondary N) is 1. The second kappa shape index (κ2) is 5.96. The summed E-state index contributed by atoms with van der Waals surface area (Å²) in [5, 5.41) is 3.37. The molecule has 1 aromatic rings. The summed E-state index contributed by atoms with van der Waals surface area (Å²) >= 11 is 0. The van der Waals surface area contributed by atoms with Crippen LogP contribution < -0.4 is 10.2 Å². The van der Waals surface area contributed by atoms with Crippen LogP contribution in [0.25, 0.3) is 0 Å².